The van der Waals surface area contributed by atoms with E-state index in [9.17, 15) is 4.79 Å². The van der Waals surface area contributed by atoms with Crippen LogP contribution in [0, 0.1) is 6.92 Å². The predicted octanol–water partition coefficient (Wildman–Crippen LogP) is 5.35. The van der Waals surface area contributed by atoms with Crippen LogP contribution in [0.2, 0.25) is 0 Å². The monoisotopic (exact) mass is 385 g/mol. The van der Waals surface area contributed by atoms with Crippen molar-refractivity contribution in [2.24, 2.45) is 0 Å². The number of rotatable bonds is 6. The Morgan fingerprint density at radius 1 is 1.35 bits per heavy atom. The molecule has 0 aliphatic carbocycles. The lowest BCUT2D eigenvalue weighted by Crippen LogP contribution is -2.11. The third-order valence-corrected chi connectivity index (χ3v) is 5.95. The first-order chi connectivity index (χ1) is 12.7. The number of nitrogens with one attached hydrogen (secondary N) is 1. The number of imidazole rings is 1. The van der Waals surface area contributed by atoms with Gasteiger partial charge >= 0.3 is 0 Å². The number of thiophene rings is 1. The topological polar surface area (TPSA) is 55.6 Å². The summed E-state index contributed by atoms with van der Waals surface area (Å²) in [5.74, 6) is 0.726. The van der Waals surface area contributed by atoms with Crippen molar-refractivity contribution in [1.29, 1.82) is 0 Å². The molecule has 26 heavy (non-hydrogen) atoms. The van der Waals surface area contributed by atoms with E-state index in [0.717, 1.165) is 45.1 Å². The Hall–Kier alpha value is -2.38. The van der Waals surface area contributed by atoms with Gasteiger partial charge in [0.25, 0.3) is 5.91 Å². The van der Waals surface area contributed by atoms with Crippen LogP contribution >= 0.6 is 22.7 Å². The molecule has 1 amide bonds. The molecule has 0 fully saturated rings. The zero-order valence-electron chi connectivity index (χ0n) is 14.6. The number of anilines is 1. The summed E-state index contributed by atoms with van der Waals surface area (Å²) in [7, 11) is 0. The van der Waals surface area contributed by atoms with Crippen molar-refractivity contribution in [2.75, 3.05) is 11.9 Å². The predicted molar refractivity (Wildman–Crippen MR) is 108 cm³/mol. The van der Waals surface area contributed by atoms with E-state index in [1.807, 2.05) is 47.2 Å². The molecule has 0 saturated heterocycles. The van der Waals surface area contributed by atoms with Crippen molar-refractivity contribution in [3.8, 4) is 5.75 Å². The Morgan fingerprint density at radius 3 is 3.04 bits per heavy atom. The first-order valence-electron chi connectivity index (χ1n) is 8.55. The smallest absolute Gasteiger partial charge is 0.265 e. The van der Waals surface area contributed by atoms with Gasteiger partial charge in [-0.3, -0.25) is 9.20 Å². The normalized spacial score (nSPS) is 11.3. The average molecular weight is 386 g/mol. The van der Waals surface area contributed by atoms with Crippen LogP contribution in [0.1, 0.15) is 35.0 Å². The maximum absolute atomic E-state index is 12.6. The maximum Gasteiger partial charge on any atom is 0.265 e. The molecule has 0 atom stereocenters. The van der Waals surface area contributed by atoms with Crippen LogP contribution < -0.4 is 10.1 Å². The van der Waals surface area contributed by atoms with Crippen molar-refractivity contribution >= 4 is 49.6 Å². The molecule has 7 heteroatoms. The second-order valence-corrected chi connectivity index (χ2v) is 8.00. The van der Waals surface area contributed by atoms with Crippen LogP contribution in [-0.4, -0.2) is 21.9 Å². The number of ether oxygens (including phenoxy) is 1. The first kappa shape index (κ1) is 17.1. The van der Waals surface area contributed by atoms with Gasteiger partial charge in [0.2, 0.25) is 0 Å². The third-order valence-electron chi connectivity index (χ3n) is 4.18. The fraction of sp³-hybridized carbons (Fsp3) is 0.263. The van der Waals surface area contributed by atoms with E-state index in [1.54, 1.807) is 11.3 Å². The van der Waals surface area contributed by atoms with Crippen LogP contribution in [0.4, 0.5) is 5.69 Å². The van der Waals surface area contributed by atoms with Gasteiger partial charge in [-0.25, -0.2) is 4.98 Å². The zero-order valence-corrected chi connectivity index (χ0v) is 16.2. The Kier molecular flexibility index (Phi) is 4.65. The van der Waals surface area contributed by atoms with Gasteiger partial charge in [0, 0.05) is 17.3 Å². The highest BCUT2D eigenvalue weighted by Gasteiger charge is 2.16. The number of fused-ring (bicyclic) bond motifs is 3. The van der Waals surface area contributed by atoms with Gasteiger partial charge in [0.1, 0.15) is 10.6 Å². The Balaban J connectivity index is 1.51. The summed E-state index contributed by atoms with van der Waals surface area (Å²) in [6.45, 7) is 4.83. The molecule has 134 valence electrons. The number of aryl methyl sites for hydroxylation is 1. The quantitative estimate of drug-likeness (QED) is 0.455. The number of amides is 1. The number of aromatic nitrogens is 2. The van der Waals surface area contributed by atoms with Crippen LogP contribution in [0.25, 0.3) is 15.3 Å². The van der Waals surface area contributed by atoms with Crippen LogP contribution in [0.5, 0.6) is 5.75 Å². The summed E-state index contributed by atoms with van der Waals surface area (Å²) in [6, 6.07) is 7.66. The van der Waals surface area contributed by atoms with Crippen LogP contribution in [-0.2, 0) is 0 Å². The summed E-state index contributed by atoms with van der Waals surface area (Å²) in [5, 5.41) is 4.99. The fourth-order valence-corrected chi connectivity index (χ4v) is 4.44. The number of thiazole rings is 1. The van der Waals surface area contributed by atoms with Crippen molar-refractivity contribution in [3.05, 3.63) is 46.3 Å². The second-order valence-electron chi connectivity index (χ2n) is 6.10. The van der Waals surface area contributed by atoms with E-state index in [1.165, 1.54) is 11.3 Å². The molecule has 5 nitrogen and oxygen atoms in total. The number of carbonyl (C=O) groups excluding carboxylic acids is 1. The van der Waals surface area contributed by atoms with Crippen molar-refractivity contribution in [3.63, 3.8) is 0 Å². The molecular formula is C19H19N3O2S2. The standard InChI is InChI=1S/C19H19N3O2S2/c1-3-4-8-24-13-5-6-14(12(2)10-13)20-17(23)16-11-15-18(26-16)21-19-22(15)7-9-25-19/h5-7,9-11H,3-4,8H2,1-2H3,(H,20,23). The molecule has 0 aliphatic rings. The van der Waals surface area contributed by atoms with E-state index in [-0.39, 0.29) is 5.91 Å². The van der Waals surface area contributed by atoms with Crippen molar-refractivity contribution in [1.82, 2.24) is 9.38 Å². The molecule has 0 spiro atoms. The summed E-state index contributed by atoms with van der Waals surface area (Å²) in [6.07, 6.45) is 4.12. The van der Waals surface area contributed by atoms with Crippen molar-refractivity contribution < 1.29 is 9.53 Å². The van der Waals surface area contributed by atoms with Gasteiger partial charge < -0.3 is 10.1 Å². The molecular weight excluding hydrogens is 366 g/mol. The SMILES string of the molecule is CCCCOc1ccc(NC(=O)c2cc3c(nc4sccn43)s2)c(C)c1. The van der Waals surface area contributed by atoms with Gasteiger partial charge in [-0.15, -0.1) is 22.7 Å². The zero-order chi connectivity index (χ0) is 18.1. The van der Waals surface area contributed by atoms with Crippen LogP contribution in [0.15, 0.2) is 35.8 Å². The summed E-state index contributed by atoms with van der Waals surface area (Å²) in [5.41, 5.74) is 2.76. The van der Waals surface area contributed by atoms with E-state index in [2.05, 4.69) is 17.2 Å². The molecule has 3 heterocycles. The molecule has 4 aromatic rings. The largest absolute Gasteiger partial charge is 0.494 e. The minimum Gasteiger partial charge on any atom is -0.494 e. The third kappa shape index (κ3) is 3.20. The number of carbonyl (C=O) groups is 1. The lowest BCUT2D eigenvalue weighted by Gasteiger charge is -2.10. The Labute approximate surface area is 159 Å². The van der Waals surface area contributed by atoms with Gasteiger partial charge in [0.15, 0.2) is 4.96 Å². The summed E-state index contributed by atoms with van der Waals surface area (Å²) < 4.78 is 7.73. The number of nitrogens with zero attached hydrogens (tertiary/aromatic N) is 2. The minimum absolute atomic E-state index is 0.111. The lowest BCUT2D eigenvalue weighted by atomic mass is 10.2. The highest BCUT2D eigenvalue weighted by molar-refractivity contribution is 7.21. The number of hydrogen-bond acceptors (Lipinski definition) is 5. The molecule has 0 unspecified atom stereocenters. The molecule has 1 N–H and O–H groups in total. The molecule has 0 bridgehead atoms. The Bertz CT molecular complexity index is 1080. The molecule has 0 radical (unpaired) electrons. The van der Waals surface area contributed by atoms with E-state index >= 15 is 0 Å². The lowest BCUT2D eigenvalue weighted by molar-refractivity contribution is 0.103. The van der Waals surface area contributed by atoms with Gasteiger partial charge in [0.05, 0.1) is 17.0 Å². The van der Waals surface area contributed by atoms with E-state index in [4.69, 9.17) is 4.74 Å². The van der Waals surface area contributed by atoms with Gasteiger partial charge in [-0.1, -0.05) is 13.3 Å². The van der Waals surface area contributed by atoms with Crippen LogP contribution in [0.3, 0.4) is 0 Å². The van der Waals surface area contributed by atoms with Gasteiger partial charge in [-0.2, -0.15) is 0 Å². The molecule has 0 saturated carbocycles. The summed E-state index contributed by atoms with van der Waals surface area (Å²) >= 11 is 3.01. The molecule has 4 rings (SSSR count). The number of unbranched alkanes of at least 4 members (excludes halogenated alkanes) is 1. The first-order valence-corrected chi connectivity index (χ1v) is 10.2. The molecule has 1 aromatic carbocycles. The highest BCUT2D eigenvalue weighted by Crippen LogP contribution is 2.29. The van der Waals surface area contributed by atoms with E-state index < -0.39 is 0 Å². The second kappa shape index (κ2) is 7.09. The number of hydrogen-bond donors (Lipinski definition) is 1. The molecule has 0 aliphatic heterocycles. The fourth-order valence-electron chi connectivity index (χ4n) is 2.74. The summed E-state index contributed by atoms with van der Waals surface area (Å²) in [4.78, 5) is 19.7. The minimum atomic E-state index is -0.111. The number of benzene rings is 1. The van der Waals surface area contributed by atoms with Gasteiger partial charge in [-0.05, 0) is 43.2 Å². The Morgan fingerprint density at radius 2 is 2.23 bits per heavy atom. The average Bonchev–Trinajstić information content (AvgIpc) is 3.29. The highest BCUT2D eigenvalue weighted by atomic mass is 32.1. The molecule has 3 aromatic heterocycles. The van der Waals surface area contributed by atoms with E-state index in [0.29, 0.717) is 11.5 Å². The van der Waals surface area contributed by atoms with Crippen molar-refractivity contribution in [2.45, 2.75) is 26.7 Å². The maximum atomic E-state index is 12.6.